The monoisotopic (exact) mass is 184 g/mol. The van der Waals surface area contributed by atoms with Crippen molar-refractivity contribution in [1.82, 2.24) is 0 Å². The third kappa shape index (κ3) is 1.08. The lowest BCUT2D eigenvalue weighted by Gasteiger charge is -2.33. The maximum absolute atomic E-state index is 6.09. The van der Waals surface area contributed by atoms with Crippen molar-refractivity contribution in [2.75, 3.05) is 0 Å². The molecule has 2 saturated heterocycles. The molecule has 2 heterocycles. The van der Waals surface area contributed by atoms with E-state index in [1.54, 1.807) is 0 Å². The Balaban J connectivity index is 2.25. The van der Waals surface area contributed by atoms with Gasteiger partial charge in [0.05, 0.1) is 11.7 Å². The van der Waals surface area contributed by atoms with Gasteiger partial charge in [-0.15, -0.1) is 0 Å². The Hall–Kier alpha value is -0.0800. The van der Waals surface area contributed by atoms with Crippen LogP contribution in [0.1, 0.15) is 47.0 Å². The first-order chi connectivity index (χ1) is 6.06. The van der Waals surface area contributed by atoms with E-state index in [1.165, 1.54) is 0 Å². The minimum atomic E-state index is -0.255. The van der Waals surface area contributed by atoms with Crippen LogP contribution >= 0.6 is 0 Å². The average Bonchev–Trinajstić information content (AvgIpc) is 2.51. The van der Waals surface area contributed by atoms with Gasteiger partial charge in [0.1, 0.15) is 0 Å². The molecule has 0 aromatic carbocycles. The fourth-order valence-corrected chi connectivity index (χ4v) is 3.02. The van der Waals surface area contributed by atoms with Crippen molar-refractivity contribution >= 4 is 0 Å². The quantitative estimate of drug-likeness (QED) is 0.657. The second-order valence-corrected chi connectivity index (χ2v) is 4.70. The van der Waals surface area contributed by atoms with Gasteiger partial charge in [0.15, 0.2) is 5.79 Å². The summed E-state index contributed by atoms with van der Waals surface area (Å²) in [6, 6.07) is 0. The van der Waals surface area contributed by atoms with Crippen molar-refractivity contribution in [3.05, 3.63) is 0 Å². The smallest absolute Gasteiger partial charge is 0.172 e. The molecule has 4 atom stereocenters. The Bertz CT molecular complexity index is 216. The molecule has 2 bridgehead atoms. The van der Waals surface area contributed by atoms with E-state index in [1.807, 2.05) is 0 Å². The fraction of sp³-hybridized carbons (Fsp3) is 1.00. The Morgan fingerprint density at radius 2 is 2.08 bits per heavy atom. The van der Waals surface area contributed by atoms with Gasteiger partial charge in [0, 0.05) is 5.92 Å². The Kier molecular flexibility index (Phi) is 1.97. The molecule has 0 aromatic heterocycles. The molecular formula is C11H20O2. The molecule has 2 fully saturated rings. The molecule has 76 valence electrons. The molecule has 0 aromatic rings. The number of rotatable bonds is 2. The Morgan fingerprint density at radius 3 is 2.54 bits per heavy atom. The van der Waals surface area contributed by atoms with Gasteiger partial charge in [0.2, 0.25) is 0 Å². The van der Waals surface area contributed by atoms with Gasteiger partial charge < -0.3 is 9.47 Å². The van der Waals surface area contributed by atoms with Crippen molar-refractivity contribution in [2.45, 2.75) is 64.4 Å². The molecule has 0 saturated carbocycles. The van der Waals surface area contributed by atoms with Crippen LogP contribution < -0.4 is 0 Å². The predicted molar refractivity (Wildman–Crippen MR) is 51.5 cm³/mol. The van der Waals surface area contributed by atoms with E-state index in [-0.39, 0.29) is 11.4 Å². The second-order valence-electron chi connectivity index (χ2n) is 4.70. The van der Waals surface area contributed by atoms with Crippen LogP contribution in [0.15, 0.2) is 0 Å². The van der Waals surface area contributed by atoms with Crippen LogP contribution in [-0.2, 0) is 9.47 Å². The molecule has 0 aliphatic carbocycles. The molecule has 2 aliphatic heterocycles. The van der Waals surface area contributed by atoms with Crippen molar-refractivity contribution in [2.24, 2.45) is 5.92 Å². The van der Waals surface area contributed by atoms with Crippen molar-refractivity contribution < 1.29 is 9.47 Å². The minimum absolute atomic E-state index is 0.00975. The van der Waals surface area contributed by atoms with Gasteiger partial charge >= 0.3 is 0 Å². The van der Waals surface area contributed by atoms with E-state index in [9.17, 15) is 0 Å². The van der Waals surface area contributed by atoms with Crippen LogP contribution in [0.2, 0.25) is 0 Å². The van der Waals surface area contributed by atoms with E-state index in [0.29, 0.717) is 12.0 Å². The molecule has 0 spiro atoms. The van der Waals surface area contributed by atoms with Gasteiger partial charge in [0.25, 0.3) is 0 Å². The van der Waals surface area contributed by atoms with E-state index in [0.717, 1.165) is 19.3 Å². The molecule has 2 rings (SSSR count). The zero-order valence-corrected chi connectivity index (χ0v) is 9.09. The van der Waals surface area contributed by atoms with Crippen molar-refractivity contribution in [1.29, 1.82) is 0 Å². The van der Waals surface area contributed by atoms with Crippen molar-refractivity contribution in [3.8, 4) is 0 Å². The summed E-state index contributed by atoms with van der Waals surface area (Å²) in [4.78, 5) is 0. The predicted octanol–water partition coefficient (Wildman–Crippen LogP) is 2.72. The summed E-state index contributed by atoms with van der Waals surface area (Å²) in [5, 5.41) is 0. The normalized spacial score (nSPS) is 54.5. The highest BCUT2D eigenvalue weighted by molar-refractivity contribution is 5.04. The third-order valence-electron chi connectivity index (χ3n) is 3.75. The lowest BCUT2D eigenvalue weighted by molar-refractivity contribution is -0.187. The largest absolute Gasteiger partial charge is 0.343 e. The highest BCUT2D eigenvalue weighted by atomic mass is 16.8. The number of fused-ring (bicyclic) bond motifs is 2. The lowest BCUT2D eigenvalue weighted by Crippen LogP contribution is -2.41. The molecule has 0 N–H and O–H groups in total. The fourth-order valence-electron chi connectivity index (χ4n) is 3.02. The van der Waals surface area contributed by atoms with Crippen LogP contribution in [0.5, 0.6) is 0 Å². The van der Waals surface area contributed by atoms with Crippen LogP contribution in [0, 0.1) is 5.92 Å². The van der Waals surface area contributed by atoms with Gasteiger partial charge in [-0.05, 0) is 26.2 Å². The first-order valence-corrected chi connectivity index (χ1v) is 5.44. The molecule has 13 heavy (non-hydrogen) atoms. The number of hydrogen-bond acceptors (Lipinski definition) is 2. The number of ether oxygens (including phenoxy) is 2. The maximum Gasteiger partial charge on any atom is 0.172 e. The SMILES string of the molecule is CC[C@@H]1O[C@@]2(CC)O[C@]1(C)C[C@@H]2C. The van der Waals surface area contributed by atoms with Gasteiger partial charge in [-0.2, -0.15) is 0 Å². The molecule has 0 unspecified atom stereocenters. The molecule has 2 nitrogen and oxygen atoms in total. The van der Waals surface area contributed by atoms with Crippen LogP contribution in [0.25, 0.3) is 0 Å². The summed E-state index contributed by atoms with van der Waals surface area (Å²) in [6.07, 6.45) is 3.49. The maximum atomic E-state index is 6.09. The third-order valence-corrected chi connectivity index (χ3v) is 3.75. The van der Waals surface area contributed by atoms with E-state index in [2.05, 4.69) is 27.7 Å². The standard InChI is InChI=1S/C11H20O2/c1-5-9-10(4)7-8(3)11(6-2,12-9)13-10/h8-9H,5-7H2,1-4H3/t8-,9-,10+,11-/m0/s1. The van der Waals surface area contributed by atoms with E-state index in [4.69, 9.17) is 9.47 Å². The minimum Gasteiger partial charge on any atom is -0.343 e. The average molecular weight is 184 g/mol. The summed E-state index contributed by atoms with van der Waals surface area (Å²) in [7, 11) is 0. The molecule has 0 amide bonds. The molecule has 2 aliphatic rings. The first kappa shape index (κ1) is 9.47. The summed E-state index contributed by atoms with van der Waals surface area (Å²) in [5.41, 5.74) is -0.00975. The van der Waals surface area contributed by atoms with Crippen LogP contribution in [-0.4, -0.2) is 17.5 Å². The summed E-state index contributed by atoms with van der Waals surface area (Å²) in [6.45, 7) is 8.76. The first-order valence-electron chi connectivity index (χ1n) is 5.44. The molecule has 0 radical (unpaired) electrons. The second kappa shape index (κ2) is 2.71. The van der Waals surface area contributed by atoms with Gasteiger partial charge in [-0.3, -0.25) is 0 Å². The molecular weight excluding hydrogens is 164 g/mol. The van der Waals surface area contributed by atoms with Crippen LogP contribution in [0.3, 0.4) is 0 Å². The highest BCUT2D eigenvalue weighted by Gasteiger charge is 2.62. The highest BCUT2D eigenvalue weighted by Crippen LogP contribution is 2.54. The zero-order valence-electron chi connectivity index (χ0n) is 9.09. The lowest BCUT2D eigenvalue weighted by atomic mass is 9.84. The Labute approximate surface area is 80.6 Å². The van der Waals surface area contributed by atoms with Gasteiger partial charge in [-0.25, -0.2) is 0 Å². The topological polar surface area (TPSA) is 18.5 Å². The number of hydrogen-bond donors (Lipinski definition) is 0. The summed E-state index contributed by atoms with van der Waals surface area (Å²) >= 11 is 0. The summed E-state index contributed by atoms with van der Waals surface area (Å²) in [5.74, 6) is 0.292. The Morgan fingerprint density at radius 1 is 1.38 bits per heavy atom. The zero-order chi connectivity index (χ0) is 9.69. The molecule has 2 heteroatoms. The van der Waals surface area contributed by atoms with E-state index >= 15 is 0 Å². The van der Waals surface area contributed by atoms with Crippen molar-refractivity contribution in [3.63, 3.8) is 0 Å². The summed E-state index contributed by atoms with van der Waals surface area (Å²) < 4.78 is 12.1. The van der Waals surface area contributed by atoms with Crippen LogP contribution in [0.4, 0.5) is 0 Å². The van der Waals surface area contributed by atoms with E-state index < -0.39 is 0 Å². The van der Waals surface area contributed by atoms with Gasteiger partial charge in [-0.1, -0.05) is 20.8 Å².